The smallest absolute Gasteiger partial charge is 0.303 e. The van der Waals surface area contributed by atoms with Crippen molar-refractivity contribution in [3.05, 3.63) is 23.8 Å². The summed E-state index contributed by atoms with van der Waals surface area (Å²) >= 11 is 0. The zero-order valence-corrected chi connectivity index (χ0v) is 15.4. The third-order valence-corrected chi connectivity index (χ3v) is 4.10. The number of aliphatic hydroxyl groups is 1. The molecule has 0 amide bonds. The van der Waals surface area contributed by atoms with Gasteiger partial charge in [0.05, 0.1) is 6.10 Å². The number of aliphatic carboxylic acids is 1. The summed E-state index contributed by atoms with van der Waals surface area (Å²) in [6.07, 6.45) is 11.5. The average molecular weight is 352 g/mol. The quantitative estimate of drug-likeness (QED) is 0.202. The number of Topliss-reactive ketones (excluding diaryl/α,β-unsaturated/α-hetero) is 1. The topological polar surface area (TPSA) is 91.7 Å². The van der Waals surface area contributed by atoms with Crippen LogP contribution in [0.15, 0.2) is 23.8 Å². The molecule has 5 nitrogen and oxygen atoms in total. The molecule has 0 saturated heterocycles. The number of carbonyl (C=O) groups is 3. The van der Waals surface area contributed by atoms with Crippen molar-refractivity contribution in [3.63, 3.8) is 0 Å². The first-order valence-electron chi connectivity index (χ1n) is 9.12. The lowest BCUT2D eigenvalue weighted by molar-refractivity contribution is -0.137. The van der Waals surface area contributed by atoms with E-state index in [1.807, 2.05) is 12.2 Å². The van der Waals surface area contributed by atoms with Crippen molar-refractivity contribution in [2.24, 2.45) is 5.92 Å². The normalized spacial score (nSPS) is 14.4. The molecule has 0 radical (unpaired) electrons. The molecule has 2 atom stereocenters. The highest BCUT2D eigenvalue weighted by molar-refractivity contribution is 5.90. The number of carboxylic acid groups (broad SMARTS) is 1. The molecule has 0 aliphatic rings. The van der Waals surface area contributed by atoms with Crippen LogP contribution in [0.25, 0.3) is 0 Å². The number of rotatable bonds is 15. The summed E-state index contributed by atoms with van der Waals surface area (Å²) in [6.45, 7) is 3.56. The van der Waals surface area contributed by atoms with Gasteiger partial charge >= 0.3 is 5.97 Å². The molecule has 0 aromatic heterocycles. The van der Waals surface area contributed by atoms with Crippen molar-refractivity contribution in [3.8, 4) is 0 Å². The molecule has 0 aliphatic carbocycles. The fraction of sp³-hybridized carbons (Fsp3) is 0.650. The highest BCUT2D eigenvalue weighted by atomic mass is 16.4. The van der Waals surface area contributed by atoms with Crippen LogP contribution < -0.4 is 0 Å². The molecule has 0 heterocycles. The van der Waals surface area contributed by atoms with Gasteiger partial charge in [0.1, 0.15) is 12.1 Å². The van der Waals surface area contributed by atoms with Crippen molar-refractivity contribution in [2.45, 2.75) is 77.7 Å². The van der Waals surface area contributed by atoms with Crippen LogP contribution in [0.3, 0.4) is 0 Å². The van der Waals surface area contributed by atoms with E-state index in [0.29, 0.717) is 44.0 Å². The first-order valence-corrected chi connectivity index (χ1v) is 9.12. The van der Waals surface area contributed by atoms with E-state index >= 15 is 0 Å². The van der Waals surface area contributed by atoms with E-state index in [-0.39, 0.29) is 12.2 Å². The van der Waals surface area contributed by atoms with E-state index in [0.717, 1.165) is 19.3 Å². The number of hydrogen-bond acceptors (Lipinski definition) is 4. The fourth-order valence-electron chi connectivity index (χ4n) is 2.55. The molecule has 0 aromatic carbocycles. The number of hydrogen-bond donors (Lipinski definition) is 2. The number of aldehydes is 1. The first-order chi connectivity index (χ1) is 11.9. The van der Waals surface area contributed by atoms with Gasteiger partial charge in [-0.2, -0.15) is 0 Å². The second kappa shape index (κ2) is 14.6. The van der Waals surface area contributed by atoms with Gasteiger partial charge in [-0.15, -0.1) is 0 Å². The molecule has 0 saturated carbocycles. The van der Waals surface area contributed by atoms with Crippen molar-refractivity contribution in [1.29, 1.82) is 0 Å². The zero-order valence-electron chi connectivity index (χ0n) is 15.4. The Hall–Kier alpha value is -1.75. The van der Waals surface area contributed by atoms with E-state index in [1.54, 1.807) is 6.08 Å². The minimum absolute atomic E-state index is 0.0889. The van der Waals surface area contributed by atoms with Gasteiger partial charge in [0.2, 0.25) is 0 Å². The zero-order chi connectivity index (χ0) is 19.1. The Labute approximate surface area is 150 Å². The molecule has 0 rings (SSSR count). The standard InChI is InChI=1S/C20H32O5/c1-3-4-7-10-18(23)14-13-17(15-21)19(16(2)22)11-8-5-6-9-12-20(24)25/h5,8,13,15,18-19,23H,3-4,6-7,9-12,14H2,1-2H3,(H,24,25)/b8-5-,17-13-/t18-,19-/m0/s1. The fourth-order valence-corrected chi connectivity index (χ4v) is 2.55. The predicted octanol–water partition coefficient (Wildman–Crippen LogP) is 3.85. The Kier molecular flexibility index (Phi) is 13.6. The Morgan fingerprint density at radius 3 is 2.36 bits per heavy atom. The lowest BCUT2D eigenvalue weighted by Gasteiger charge is -2.13. The third-order valence-electron chi connectivity index (χ3n) is 4.10. The van der Waals surface area contributed by atoms with Crippen molar-refractivity contribution in [2.75, 3.05) is 0 Å². The molecular weight excluding hydrogens is 320 g/mol. The summed E-state index contributed by atoms with van der Waals surface area (Å²) in [5, 5.41) is 18.5. The molecule has 0 aliphatic heterocycles. The SMILES string of the molecule is CCCCC[C@H](O)C/C=C(/C=O)[C@@H](C/C=C\CCCC(=O)O)C(C)=O. The van der Waals surface area contributed by atoms with Crippen molar-refractivity contribution in [1.82, 2.24) is 0 Å². The lowest BCUT2D eigenvalue weighted by Crippen LogP contribution is -2.15. The van der Waals surface area contributed by atoms with Crippen molar-refractivity contribution < 1.29 is 24.6 Å². The van der Waals surface area contributed by atoms with Crippen LogP contribution in [0.1, 0.15) is 71.6 Å². The van der Waals surface area contributed by atoms with Gasteiger partial charge in [-0.1, -0.05) is 44.4 Å². The largest absolute Gasteiger partial charge is 0.481 e. The number of ketones is 1. The summed E-state index contributed by atoms with van der Waals surface area (Å²) < 4.78 is 0. The van der Waals surface area contributed by atoms with Gasteiger partial charge in [-0.3, -0.25) is 14.4 Å². The van der Waals surface area contributed by atoms with Crippen LogP contribution in [0.2, 0.25) is 0 Å². The van der Waals surface area contributed by atoms with E-state index in [4.69, 9.17) is 5.11 Å². The van der Waals surface area contributed by atoms with E-state index in [9.17, 15) is 19.5 Å². The molecule has 2 N–H and O–H groups in total. The maximum Gasteiger partial charge on any atom is 0.303 e. The Morgan fingerprint density at radius 2 is 1.80 bits per heavy atom. The number of unbranched alkanes of at least 4 members (excludes halogenated alkanes) is 3. The maximum atomic E-state index is 11.8. The van der Waals surface area contributed by atoms with Gasteiger partial charge in [0.25, 0.3) is 0 Å². The number of aliphatic hydroxyl groups excluding tert-OH is 1. The molecule has 5 heteroatoms. The number of carbonyl (C=O) groups excluding carboxylic acids is 2. The highest BCUT2D eigenvalue weighted by Crippen LogP contribution is 2.18. The van der Waals surface area contributed by atoms with Gasteiger partial charge in [0.15, 0.2) is 0 Å². The van der Waals surface area contributed by atoms with Gasteiger partial charge in [-0.05, 0) is 44.6 Å². The molecular formula is C20H32O5. The lowest BCUT2D eigenvalue weighted by atomic mass is 9.91. The number of allylic oxidation sites excluding steroid dienone is 3. The second-order valence-corrected chi connectivity index (χ2v) is 6.36. The molecule has 0 bridgehead atoms. The van der Waals surface area contributed by atoms with Crippen LogP contribution in [0, 0.1) is 5.92 Å². The Bertz CT molecular complexity index is 465. The van der Waals surface area contributed by atoms with Crippen LogP contribution in [0.5, 0.6) is 0 Å². The Balaban J connectivity index is 4.55. The predicted molar refractivity (Wildman–Crippen MR) is 98.3 cm³/mol. The van der Waals surface area contributed by atoms with Gasteiger partial charge in [-0.25, -0.2) is 0 Å². The van der Waals surface area contributed by atoms with Gasteiger partial charge in [0, 0.05) is 12.3 Å². The summed E-state index contributed by atoms with van der Waals surface area (Å²) in [7, 11) is 0. The van der Waals surface area contributed by atoms with Crippen LogP contribution in [-0.4, -0.2) is 34.4 Å². The minimum atomic E-state index is -0.821. The molecule has 0 spiro atoms. The second-order valence-electron chi connectivity index (χ2n) is 6.36. The maximum absolute atomic E-state index is 11.8. The summed E-state index contributed by atoms with van der Waals surface area (Å²) in [4.78, 5) is 33.6. The molecule has 0 aromatic rings. The van der Waals surface area contributed by atoms with Crippen LogP contribution >= 0.6 is 0 Å². The third kappa shape index (κ3) is 12.3. The minimum Gasteiger partial charge on any atom is -0.481 e. The Morgan fingerprint density at radius 1 is 1.08 bits per heavy atom. The first kappa shape index (κ1) is 23.2. The van der Waals surface area contributed by atoms with Crippen LogP contribution in [0.4, 0.5) is 0 Å². The summed E-state index contributed by atoms with van der Waals surface area (Å²) in [6, 6.07) is 0. The summed E-state index contributed by atoms with van der Waals surface area (Å²) in [5.41, 5.74) is 0.414. The molecule has 0 unspecified atom stereocenters. The summed E-state index contributed by atoms with van der Waals surface area (Å²) in [5.74, 6) is -1.41. The monoisotopic (exact) mass is 352 g/mol. The van der Waals surface area contributed by atoms with Gasteiger partial charge < -0.3 is 10.2 Å². The van der Waals surface area contributed by atoms with Crippen LogP contribution in [-0.2, 0) is 14.4 Å². The van der Waals surface area contributed by atoms with E-state index in [2.05, 4.69) is 6.92 Å². The number of carboxylic acids is 1. The highest BCUT2D eigenvalue weighted by Gasteiger charge is 2.18. The van der Waals surface area contributed by atoms with E-state index in [1.165, 1.54) is 6.92 Å². The van der Waals surface area contributed by atoms with Crippen molar-refractivity contribution >= 4 is 18.0 Å². The molecule has 142 valence electrons. The average Bonchev–Trinajstić information content (AvgIpc) is 2.55. The molecule has 0 fully saturated rings. The van der Waals surface area contributed by atoms with E-state index < -0.39 is 18.0 Å². The molecule has 25 heavy (non-hydrogen) atoms.